The van der Waals surface area contributed by atoms with E-state index in [2.05, 4.69) is 38.8 Å². The number of aliphatic hydroxyl groups excluding tert-OH is 1. The molecule has 1 unspecified atom stereocenters. The van der Waals surface area contributed by atoms with Crippen LogP contribution in [0.25, 0.3) is 10.9 Å². The number of pyridine rings is 1. The molecular formula is C22H27IN4O. The molecule has 0 aliphatic rings. The molecule has 0 fully saturated rings. The molecule has 0 spiro atoms. The number of nitrogens with one attached hydrogen (secondary N) is 2. The lowest BCUT2D eigenvalue weighted by Crippen LogP contribution is -2.38. The first kappa shape index (κ1) is 22.1. The quantitative estimate of drug-likeness (QED) is 0.266. The van der Waals surface area contributed by atoms with Crippen LogP contribution in [0.1, 0.15) is 30.6 Å². The summed E-state index contributed by atoms with van der Waals surface area (Å²) in [6.07, 6.45) is 1.94. The van der Waals surface area contributed by atoms with E-state index in [9.17, 15) is 5.11 Å². The summed E-state index contributed by atoms with van der Waals surface area (Å²) >= 11 is 0. The van der Waals surface area contributed by atoms with Crippen LogP contribution in [0.2, 0.25) is 0 Å². The topological polar surface area (TPSA) is 69.5 Å². The fourth-order valence-corrected chi connectivity index (χ4v) is 2.97. The first-order chi connectivity index (χ1) is 13.3. The first-order valence-electron chi connectivity index (χ1n) is 9.35. The summed E-state index contributed by atoms with van der Waals surface area (Å²) in [7, 11) is 0. The second kappa shape index (κ2) is 11.6. The molecule has 0 bridgehead atoms. The number of nitrogens with zero attached hydrogens (tertiary/aromatic N) is 2. The van der Waals surface area contributed by atoms with Gasteiger partial charge in [0.25, 0.3) is 0 Å². The maximum absolute atomic E-state index is 10.3. The number of hydrogen-bond donors (Lipinski definition) is 3. The molecule has 3 aromatic rings. The van der Waals surface area contributed by atoms with Gasteiger partial charge in [0.05, 0.1) is 18.2 Å². The van der Waals surface area contributed by atoms with Crippen LogP contribution >= 0.6 is 24.0 Å². The van der Waals surface area contributed by atoms with E-state index in [0.29, 0.717) is 19.5 Å². The van der Waals surface area contributed by atoms with Crippen molar-refractivity contribution in [2.24, 2.45) is 4.99 Å². The first-order valence-corrected chi connectivity index (χ1v) is 9.35. The van der Waals surface area contributed by atoms with Gasteiger partial charge < -0.3 is 15.7 Å². The van der Waals surface area contributed by atoms with Crippen LogP contribution in [0, 0.1) is 0 Å². The molecular weight excluding hydrogens is 463 g/mol. The highest BCUT2D eigenvalue weighted by molar-refractivity contribution is 14.0. The molecule has 0 radical (unpaired) electrons. The molecule has 3 rings (SSSR count). The Labute approximate surface area is 183 Å². The highest BCUT2D eigenvalue weighted by atomic mass is 127. The molecule has 0 saturated carbocycles. The van der Waals surface area contributed by atoms with Crippen molar-refractivity contribution in [1.29, 1.82) is 0 Å². The zero-order valence-electron chi connectivity index (χ0n) is 16.0. The average Bonchev–Trinajstić information content (AvgIpc) is 2.72. The van der Waals surface area contributed by atoms with E-state index in [0.717, 1.165) is 34.5 Å². The van der Waals surface area contributed by atoms with E-state index in [4.69, 9.17) is 0 Å². The smallest absolute Gasteiger partial charge is 0.191 e. The average molecular weight is 490 g/mol. The molecule has 1 aromatic heterocycles. The van der Waals surface area contributed by atoms with Crippen molar-refractivity contribution in [3.63, 3.8) is 0 Å². The lowest BCUT2D eigenvalue weighted by molar-refractivity contribution is 0.168. The number of hydrogen-bond acceptors (Lipinski definition) is 3. The van der Waals surface area contributed by atoms with Gasteiger partial charge in [0, 0.05) is 24.7 Å². The molecule has 0 aliphatic carbocycles. The summed E-state index contributed by atoms with van der Waals surface area (Å²) < 4.78 is 0. The standard InChI is InChI=1S/C22H26N4O.HI/c1-2-23-22(25-15-13-20(27)17-8-4-3-5-9-17)26-16-19-11-6-10-18-12-7-14-24-21(18)19;/h3-12,14,20,27H,2,13,15-16H2,1H3,(H2,23,25,26);1H. The summed E-state index contributed by atoms with van der Waals surface area (Å²) in [6.45, 7) is 4.00. The van der Waals surface area contributed by atoms with Gasteiger partial charge in [-0.2, -0.15) is 0 Å². The van der Waals surface area contributed by atoms with Crippen molar-refractivity contribution in [1.82, 2.24) is 15.6 Å². The van der Waals surface area contributed by atoms with Crippen LogP contribution in [0.15, 0.2) is 71.9 Å². The van der Waals surface area contributed by atoms with E-state index in [1.807, 2.05) is 55.6 Å². The number of aliphatic imine (C=N–C) groups is 1. The van der Waals surface area contributed by atoms with Crippen LogP contribution in [-0.4, -0.2) is 29.1 Å². The van der Waals surface area contributed by atoms with Gasteiger partial charge in [-0.05, 0) is 30.5 Å². The fourth-order valence-electron chi connectivity index (χ4n) is 2.97. The number of fused-ring (bicyclic) bond motifs is 1. The zero-order chi connectivity index (χ0) is 18.9. The normalized spacial score (nSPS) is 12.3. The van der Waals surface area contributed by atoms with E-state index in [1.54, 1.807) is 0 Å². The number of aromatic nitrogens is 1. The second-order valence-electron chi connectivity index (χ2n) is 6.33. The predicted molar refractivity (Wildman–Crippen MR) is 126 cm³/mol. The Kier molecular flexibility index (Phi) is 9.16. The molecule has 148 valence electrons. The zero-order valence-corrected chi connectivity index (χ0v) is 18.3. The van der Waals surface area contributed by atoms with Crippen LogP contribution < -0.4 is 10.6 Å². The van der Waals surface area contributed by atoms with E-state index in [1.165, 1.54) is 0 Å². The Morgan fingerprint density at radius 3 is 2.61 bits per heavy atom. The van der Waals surface area contributed by atoms with Crippen LogP contribution in [0.4, 0.5) is 0 Å². The summed E-state index contributed by atoms with van der Waals surface area (Å²) in [5.74, 6) is 0.741. The van der Waals surface area contributed by atoms with Crippen molar-refractivity contribution in [2.45, 2.75) is 26.0 Å². The highest BCUT2D eigenvalue weighted by Crippen LogP contribution is 2.17. The van der Waals surface area contributed by atoms with Gasteiger partial charge in [-0.15, -0.1) is 24.0 Å². The number of aliphatic hydroxyl groups is 1. The SMILES string of the molecule is CCNC(=NCc1cccc2cccnc12)NCCC(O)c1ccccc1.I. The van der Waals surface area contributed by atoms with Gasteiger partial charge in [0.1, 0.15) is 0 Å². The second-order valence-corrected chi connectivity index (χ2v) is 6.33. The monoisotopic (exact) mass is 490 g/mol. The Bertz CT molecular complexity index is 881. The largest absolute Gasteiger partial charge is 0.388 e. The maximum atomic E-state index is 10.3. The van der Waals surface area contributed by atoms with Crippen LogP contribution in [-0.2, 0) is 6.54 Å². The predicted octanol–water partition coefficient (Wildman–Crippen LogP) is 4.03. The lowest BCUT2D eigenvalue weighted by Gasteiger charge is -2.14. The molecule has 0 aliphatic heterocycles. The number of para-hydroxylation sites is 1. The molecule has 6 heteroatoms. The number of halogens is 1. The van der Waals surface area contributed by atoms with Crippen molar-refractivity contribution in [3.05, 3.63) is 78.0 Å². The van der Waals surface area contributed by atoms with Crippen molar-refractivity contribution < 1.29 is 5.11 Å². The molecule has 28 heavy (non-hydrogen) atoms. The van der Waals surface area contributed by atoms with Gasteiger partial charge in [0.15, 0.2) is 5.96 Å². The Hall–Kier alpha value is -2.19. The molecule has 1 heterocycles. The van der Waals surface area contributed by atoms with E-state index < -0.39 is 6.10 Å². The molecule has 5 nitrogen and oxygen atoms in total. The minimum absolute atomic E-state index is 0. The summed E-state index contributed by atoms with van der Waals surface area (Å²) in [5.41, 5.74) is 3.01. The third-order valence-corrected chi connectivity index (χ3v) is 4.36. The molecule has 1 atom stereocenters. The highest BCUT2D eigenvalue weighted by Gasteiger charge is 2.07. The van der Waals surface area contributed by atoms with Crippen molar-refractivity contribution in [2.75, 3.05) is 13.1 Å². The Morgan fingerprint density at radius 1 is 1.04 bits per heavy atom. The summed E-state index contributed by atoms with van der Waals surface area (Å²) in [6, 6.07) is 19.9. The van der Waals surface area contributed by atoms with Gasteiger partial charge in [-0.25, -0.2) is 4.99 Å². The molecule has 3 N–H and O–H groups in total. The van der Waals surface area contributed by atoms with E-state index >= 15 is 0 Å². The van der Waals surface area contributed by atoms with Gasteiger partial charge >= 0.3 is 0 Å². The van der Waals surface area contributed by atoms with Crippen molar-refractivity contribution >= 4 is 40.8 Å². The number of rotatable bonds is 7. The van der Waals surface area contributed by atoms with Crippen LogP contribution in [0.3, 0.4) is 0 Å². The minimum Gasteiger partial charge on any atom is -0.388 e. The third-order valence-electron chi connectivity index (χ3n) is 4.36. The molecule has 0 amide bonds. The van der Waals surface area contributed by atoms with Gasteiger partial charge in [0.2, 0.25) is 0 Å². The van der Waals surface area contributed by atoms with Gasteiger partial charge in [-0.3, -0.25) is 4.98 Å². The van der Waals surface area contributed by atoms with Gasteiger partial charge in [-0.1, -0.05) is 54.6 Å². The third kappa shape index (κ3) is 6.17. The minimum atomic E-state index is -0.483. The molecule has 0 saturated heterocycles. The lowest BCUT2D eigenvalue weighted by atomic mass is 10.1. The maximum Gasteiger partial charge on any atom is 0.191 e. The number of guanidine groups is 1. The summed E-state index contributed by atoms with van der Waals surface area (Å²) in [5, 5.41) is 18.0. The number of benzene rings is 2. The Balaban J connectivity index is 0.00000280. The van der Waals surface area contributed by atoms with Crippen LogP contribution in [0.5, 0.6) is 0 Å². The Morgan fingerprint density at radius 2 is 1.82 bits per heavy atom. The summed E-state index contributed by atoms with van der Waals surface area (Å²) in [4.78, 5) is 9.16. The molecule has 2 aromatic carbocycles. The fraction of sp³-hybridized carbons (Fsp3) is 0.273. The van der Waals surface area contributed by atoms with Crippen molar-refractivity contribution in [3.8, 4) is 0 Å². The van der Waals surface area contributed by atoms with E-state index in [-0.39, 0.29) is 24.0 Å².